The molecule has 0 aromatic carbocycles. The van der Waals surface area contributed by atoms with Gasteiger partial charge in [0, 0.05) is 18.7 Å². The number of nitrogens with one attached hydrogen (secondary N) is 1. The first-order valence-corrected chi connectivity index (χ1v) is 7.19. The van der Waals surface area contributed by atoms with Crippen LogP contribution in [0.3, 0.4) is 0 Å². The van der Waals surface area contributed by atoms with E-state index in [0.29, 0.717) is 5.92 Å². The minimum atomic E-state index is -0.223. The SMILES string of the molecule is CCc1cc(CC(O)C2CCNCC2)n(CC)n1. The van der Waals surface area contributed by atoms with Gasteiger partial charge in [0.1, 0.15) is 0 Å². The molecule has 2 N–H and O–H groups in total. The van der Waals surface area contributed by atoms with Crippen LogP contribution in [0.5, 0.6) is 0 Å². The molecule has 1 aromatic rings. The van der Waals surface area contributed by atoms with Gasteiger partial charge in [0.2, 0.25) is 0 Å². The molecule has 1 fully saturated rings. The highest BCUT2D eigenvalue weighted by Crippen LogP contribution is 2.20. The number of hydrogen-bond acceptors (Lipinski definition) is 3. The Hall–Kier alpha value is -0.870. The lowest BCUT2D eigenvalue weighted by Gasteiger charge is -2.27. The smallest absolute Gasteiger partial charge is 0.0624 e. The second-order valence-electron chi connectivity index (χ2n) is 5.16. The summed E-state index contributed by atoms with van der Waals surface area (Å²) in [5.74, 6) is 0.441. The summed E-state index contributed by atoms with van der Waals surface area (Å²) in [7, 11) is 0. The second kappa shape index (κ2) is 6.34. The van der Waals surface area contributed by atoms with Gasteiger partial charge in [0.25, 0.3) is 0 Å². The molecule has 0 saturated carbocycles. The molecule has 2 heterocycles. The van der Waals surface area contributed by atoms with Crippen LogP contribution in [-0.2, 0) is 19.4 Å². The quantitative estimate of drug-likeness (QED) is 0.831. The summed E-state index contributed by atoms with van der Waals surface area (Å²) in [6.07, 6.45) is 3.65. The maximum absolute atomic E-state index is 10.4. The van der Waals surface area contributed by atoms with Gasteiger partial charge in [-0.05, 0) is 51.3 Å². The second-order valence-corrected chi connectivity index (χ2v) is 5.16. The zero-order valence-corrected chi connectivity index (χ0v) is 11.5. The van der Waals surface area contributed by atoms with Gasteiger partial charge in [-0.2, -0.15) is 5.10 Å². The fourth-order valence-corrected chi connectivity index (χ4v) is 2.74. The molecule has 0 aliphatic carbocycles. The van der Waals surface area contributed by atoms with E-state index < -0.39 is 0 Å². The molecule has 4 heteroatoms. The van der Waals surface area contributed by atoms with Crippen molar-refractivity contribution in [2.75, 3.05) is 13.1 Å². The van der Waals surface area contributed by atoms with Crippen molar-refractivity contribution in [1.29, 1.82) is 0 Å². The molecule has 1 aliphatic rings. The molecule has 1 unspecified atom stereocenters. The minimum Gasteiger partial charge on any atom is -0.392 e. The molecule has 0 spiro atoms. The number of nitrogens with zero attached hydrogens (tertiary/aromatic N) is 2. The fraction of sp³-hybridized carbons (Fsp3) is 0.786. The van der Waals surface area contributed by atoms with E-state index in [1.54, 1.807) is 0 Å². The van der Waals surface area contributed by atoms with Crippen molar-refractivity contribution in [3.05, 3.63) is 17.5 Å². The van der Waals surface area contributed by atoms with Crippen LogP contribution >= 0.6 is 0 Å². The van der Waals surface area contributed by atoms with Crippen molar-refractivity contribution in [2.45, 2.75) is 52.2 Å². The molecule has 0 amide bonds. The van der Waals surface area contributed by atoms with E-state index in [2.05, 4.69) is 30.3 Å². The van der Waals surface area contributed by atoms with Crippen LogP contribution in [0, 0.1) is 5.92 Å². The molecule has 102 valence electrons. The zero-order chi connectivity index (χ0) is 13.0. The Morgan fingerprint density at radius 1 is 1.44 bits per heavy atom. The van der Waals surface area contributed by atoms with Crippen molar-refractivity contribution >= 4 is 0 Å². The summed E-state index contributed by atoms with van der Waals surface area (Å²) >= 11 is 0. The Morgan fingerprint density at radius 2 is 2.17 bits per heavy atom. The van der Waals surface area contributed by atoms with Crippen molar-refractivity contribution < 1.29 is 5.11 Å². The van der Waals surface area contributed by atoms with Crippen LogP contribution in [0.1, 0.15) is 38.1 Å². The fourth-order valence-electron chi connectivity index (χ4n) is 2.74. The summed E-state index contributed by atoms with van der Waals surface area (Å²) in [6.45, 7) is 7.18. The summed E-state index contributed by atoms with van der Waals surface area (Å²) in [4.78, 5) is 0. The van der Waals surface area contributed by atoms with Gasteiger partial charge < -0.3 is 10.4 Å². The van der Waals surface area contributed by atoms with Crippen LogP contribution in [0.4, 0.5) is 0 Å². The number of aliphatic hydroxyl groups excluding tert-OH is 1. The zero-order valence-electron chi connectivity index (χ0n) is 11.5. The Balaban J connectivity index is 2.00. The van der Waals surface area contributed by atoms with Crippen LogP contribution in [-0.4, -0.2) is 34.1 Å². The normalized spacial score (nSPS) is 19.1. The molecule has 1 atom stereocenters. The van der Waals surface area contributed by atoms with Gasteiger partial charge in [-0.3, -0.25) is 4.68 Å². The summed E-state index contributed by atoms with van der Waals surface area (Å²) in [6, 6.07) is 2.15. The van der Waals surface area contributed by atoms with Gasteiger partial charge in [0.15, 0.2) is 0 Å². The molecule has 1 aromatic heterocycles. The number of rotatable bonds is 5. The van der Waals surface area contributed by atoms with E-state index in [1.165, 1.54) is 5.69 Å². The molecule has 4 nitrogen and oxygen atoms in total. The molecule has 0 radical (unpaired) electrons. The molecular weight excluding hydrogens is 226 g/mol. The van der Waals surface area contributed by atoms with Crippen molar-refractivity contribution in [3.63, 3.8) is 0 Å². The Labute approximate surface area is 109 Å². The third-order valence-corrected chi connectivity index (χ3v) is 3.92. The van der Waals surface area contributed by atoms with Crippen LogP contribution in [0.15, 0.2) is 6.07 Å². The monoisotopic (exact) mass is 251 g/mol. The van der Waals surface area contributed by atoms with Gasteiger partial charge in [0.05, 0.1) is 11.8 Å². The summed E-state index contributed by atoms with van der Waals surface area (Å²) < 4.78 is 2.03. The lowest BCUT2D eigenvalue weighted by molar-refractivity contribution is 0.0872. The summed E-state index contributed by atoms with van der Waals surface area (Å²) in [5.41, 5.74) is 2.31. The number of aryl methyl sites for hydroxylation is 2. The first-order chi connectivity index (χ1) is 8.74. The van der Waals surface area contributed by atoms with Crippen LogP contribution in [0.2, 0.25) is 0 Å². The lowest BCUT2D eigenvalue weighted by Crippen LogP contribution is -2.35. The van der Waals surface area contributed by atoms with Gasteiger partial charge in [-0.1, -0.05) is 6.92 Å². The van der Waals surface area contributed by atoms with Gasteiger partial charge >= 0.3 is 0 Å². The maximum atomic E-state index is 10.4. The third kappa shape index (κ3) is 3.12. The van der Waals surface area contributed by atoms with E-state index in [-0.39, 0.29) is 6.10 Å². The topological polar surface area (TPSA) is 50.1 Å². The van der Waals surface area contributed by atoms with E-state index in [1.807, 2.05) is 4.68 Å². The van der Waals surface area contributed by atoms with Crippen LogP contribution in [0.25, 0.3) is 0 Å². The third-order valence-electron chi connectivity index (χ3n) is 3.92. The first kappa shape index (κ1) is 13.6. The van der Waals surface area contributed by atoms with E-state index in [9.17, 15) is 5.11 Å². The van der Waals surface area contributed by atoms with Crippen molar-refractivity contribution in [3.8, 4) is 0 Å². The van der Waals surface area contributed by atoms with Crippen molar-refractivity contribution in [2.24, 2.45) is 5.92 Å². The number of aliphatic hydroxyl groups is 1. The lowest BCUT2D eigenvalue weighted by atomic mass is 9.89. The highest BCUT2D eigenvalue weighted by molar-refractivity contribution is 5.11. The predicted octanol–water partition coefficient (Wildman–Crippen LogP) is 1.37. The number of hydrogen-bond donors (Lipinski definition) is 2. The maximum Gasteiger partial charge on any atom is 0.0624 e. The average molecular weight is 251 g/mol. The van der Waals surface area contributed by atoms with Gasteiger partial charge in [-0.15, -0.1) is 0 Å². The van der Waals surface area contributed by atoms with Crippen molar-refractivity contribution in [1.82, 2.24) is 15.1 Å². The standard InChI is InChI=1S/C14H25N3O/c1-3-12-9-13(17(4-2)16-12)10-14(18)11-5-7-15-8-6-11/h9,11,14-15,18H,3-8,10H2,1-2H3. The Morgan fingerprint density at radius 3 is 2.78 bits per heavy atom. The largest absolute Gasteiger partial charge is 0.392 e. The molecule has 1 aliphatic heterocycles. The number of aromatic nitrogens is 2. The molecule has 2 rings (SSSR count). The highest BCUT2D eigenvalue weighted by atomic mass is 16.3. The molecular formula is C14H25N3O. The van der Waals surface area contributed by atoms with E-state index >= 15 is 0 Å². The minimum absolute atomic E-state index is 0.223. The number of piperidine rings is 1. The molecule has 18 heavy (non-hydrogen) atoms. The Bertz CT molecular complexity index is 369. The summed E-state index contributed by atoms with van der Waals surface area (Å²) in [5, 5.41) is 18.2. The Kier molecular flexibility index (Phi) is 4.78. The van der Waals surface area contributed by atoms with E-state index in [4.69, 9.17) is 0 Å². The molecule has 1 saturated heterocycles. The van der Waals surface area contributed by atoms with Crippen LogP contribution < -0.4 is 5.32 Å². The first-order valence-electron chi connectivity index (χ1n) is 7.19. The molecule has 0 bridgehead atoms. The highest BCUT2D eigenvalue weighted by Gasteiger charge is 2.23. The van der Waals surface area contributed by atoms with E-state index in [0.717, 1.165) is 51.0 Å². The van der Waals surface area contributed by atoms with Gasteiger partial charge in [-0.25, -0.2) is 0 Å². The average Bonchev–Trinajstić information content (AvgIpc) is 2.82. The predicted molar refractivity (Wildman–Crippen MR) is 72.6 cm³/mol.